The van der Waals surface area contributed by atoms with Crippen LogP contribution in [0.2, 0.25) is 0 Å². The molecule has 0 saturated carbocycles. The van der Waals surface area contributed by atoms with E-state index in [4.69, 9.17) is 4.74 Å². The topological polar surface area (TPSA) is 44.8 Å². The molecule has 1 fully saturated rings. The van der Waals surface area contributed by atoms with Crippen LogP contribution in [0.4, 0.5) is 5.69 Å². The molecule has 1 aliphatic rings. The SMILES string of the molecule is CCOc1ccc(CN2CCN(C(C)C(=O)Nc3ccccc3C(C)C)CC2)cc1. The van der Waals surface area contributed by atoms with Gasteiger partial charge in [0.05, 0.1) is 12.6 Å². The van der Waals surface area contributed by atoms with Crippen molar-refractivity contribution in [3.8, 4) is 5.75 Å². The van der Waals surface area contributed by atoms with E-state index in [-0.39, 0.29) is 11.9 Å². The number of piperazine rings is 1. The van der Waals surface area contributed by atoms with Crippen molar-refractivity contribution in [1.29, 1.82) is 0 Å². The van der Waals surface area contributed by atoms with Gasteiger partial charge >= 0.3 is 0 Å². The molecule has 1 aliphatic heterocycles. The summed E-state index contributed by atoms with van der Waals surface area (Å²) < 4.78 is 5.52. The van der Waals surface area contributed by atoms with Gasteiger partial charge in [0.25, 0.3) is 0 Å². The monoisotopic (exact) mass is 409 g/mol. The van der Waals surface area contributed by atoms with Crippen LogP contribution >= 0.6 is 0 Å². The Balaban J connectivity index is 1.50. The Morgan fingerprint density at radius 2 is 1.67 bits per heavy atom. The molecule has 2 aromatic carbocycles. The summed E-state index contributed by atoms with van der Waals surface area (Å²) in [5.74, 6) is 1.37. The van der Waals surface area contributed by atoms with Gasteiger partial charge in [-0.1, -0.05) is 44.2 Å². The van der Waals surface area contributed by atoms with Crippen LogP contribution in [0.1, 0.15) is 44.7 Å². The second-order valence-corrected chi connectivity index (χ2v) is 8.30. The fraction of sp³-hybridized carbons (Fsp3) is 0.480. The maximum Gasteiger partial charge on any atom is 0.241 e. The minimum absolute atomic E-state index is 0.0723. The van der Waals surface area contributed by atoms with Crippen molar-refractivity contribution in [3.05, 3.63) is 59.7 Å². The number of nitrogens with zero attached hydrogens (tertiary/aromatic N) is 2. The highest BCUT2D eigenvalue weighted by atomic mass is 16.5. The molecule has 5 nitrogen and oxygen atoms in total. The lowest BCUT2D eigenvalue weighted by Crippen LogP contribution is -2.52. The Kier molecular flexibility index (Phi) is 7.88. The predicted molar refractivity (Wildman–Crippen MR) is 123 cm³/mol. The fourth-order valence-electron chi connectivity index (χ4n) is 3.94. The van der Waals surface area contributed by atoms with Crippen LogP contribution in [0.3, 0.4) is 0 Å². The highest BCUT2D eigenvalue weighted by Gasteiger charge is 2.26. The molecule has 1 unspecified atom stereocenters. The molecule has 0 radical (unpaired) electrons. The third-order valence-electron chi connectivity index (χ3n) is 5.82. The predicted octanol–water partition coefficient (Wildman–Crippen LogP) is 4.35. The number of para-hydroxylation sites is 1. The second-order valence-electron chi connectivity index (χ2n) is 8.30. The summed E-state index contributed by atoms with van der Waals surface area (Å²) in [7, 11) is 0. The molecule has 162 valence electrons. The number of ether oxygens (including phenoxy) is 1. The third kappa shape index (κ3) is 5.83. The second kappa shape index (κ2) is 10.6. The normalized spacial score (nSPS) is 16.4. The van der Waals surface area contributed by atoms with E-state index in [1.54, 1.807) is 0 Å². The van der Waals surface area contributed by atoms with Crippen molar-refractivity contribution in [2.45, 2.75) is 46.2 Å². The summed E-state index contributed by atoms with van der Waals surface area (Å²) >= 11 is 0. The van der Waals surface area contributed by atoms with E-state index in [9.17, 15) is 4.79 Å². The number of hydrogen-bond donors (Lipinski definition) is 1. The van der Waals surface area contributed by atoms with E-state index in [1.165, 1.54) is 11.1 Å². The zero-order chi connectivity index (χ0) is 21.5. The van der Waals surface area contributed by atoms with Gasteiger partial charge in [0, 0.05) is 38.4 Å². The van der Waals surface area contributed by atoms with Crippen molar-refractivity contribution < 1.29 is 9.53 Å². The number of hydrogen-bond acceptors (Lipinski definition) is 4. The first-order chi connectivity index (χ1) is 14.5. The molecule has 2 aromatic rings. The number of rotatable bonds is 8. The van der Waals surface area contributed by atoms with Crippen molar-refractivity contribution in [2.75, 3.05) is 38.1 Å². The molecular weight excluding hydrogens is 374 g/mol. The molecule has 0 spiro atoms. The van der Waals surface area contributed by atoms with E-state index in [0.717, 1.165) is 44.2 Å². The summed E-state index contributed by atoms with van der Waals surface area (Å²) in [4.78, 5) is 17.6. The molecule has 5 heteroatoms. The highest BCUT2D eigenvalue weighted by Crippen LogP contribution is 2.24. The first kappa shape index (κ1) is 22.3. The first-order valence-corrected chi connectivity index (χ1v) is 11.1. The fourth-order valence-corrected chi connectivity index (χ4v) is 3.94. The van der Waals surface area contributed by atoms with Gasteiger partial charge < -0.3 is 10.1 Å². The average Bonchev–Trinajstić information content (AvgIpc) is 2.75. The number of amides is 1. The Bertz CT molecular complexity index is 811. The Morgan fingerprint density at radius 3 is 2.30 bits per heavy atom. The molecule has 1 amide bonds. The molecule has 1 saturated heterocycles. The summed E-state index contributed by atoms with van der Waals surface area (Å²) in [6, 6.07) is 16.3. The Labute approximate surface area is 181 Å². The lowest BCUT2D eigenvalue weighted by molar-refractivity contribution is -0.121. The number of carbonyl (C=O) groups is 1. The summed E-state index contributed by atoms with van der Waals surface area (Å²) in [6.07, 6.45) is 0. The minimum Gasteiger partial charge on any atom is -0.494 e. The molecule has 0 aliphatic carbocycles. The van der Waals surface area contributed by atoms with Crippen LogP contribution in [0.15, 0.2) is 48.5 Å². The van der Waals surface area contributed by atoms with Crippen LogP contribution in [0.5, 0.6) is 5.75 Å². The summed E-state index contributed by atoms with van der Waals surface area (Å²) in [5, 5.41) is 3.15. The van der Waals surface area contributed by atoms with Gasteiger partial charge in [0.2, 0.25) is 5.91 Å². The molecule has 0 aromatic heterocycles. The van der Waals surface area contributed by atoms with Crippen molar-refractivity contribution in [2.24, 2.45) is 0 Å². The Morgan fingerprint density at radius 1 is 1.00 bits per heavy atom. The number of anilines is 1. The zero-order valence-electron chi connectivity index (χ0n) is 18.7. The lowest BCUT2D eigenvalue weighted by Gasteiger charge is -2.37. The number of nitrogens with one attached hydrogen (secondary N) is 1. The average molecular weight is 410 g/mol. The molecule has 30 heavy (non-hydrogen) atoms. The molecule has 1 atom stereocenters. The Hall–Kier alpha value is -2.37. The highest BCUT2D eigenvalue weighted by molar-refractivity contribution is 5.95. The van der Waals surface area contributed by atoms with Gasteiger partial charge in [-0.3, -0.25) is 14.6 Å². The van der Waals surface area contributed by atoms with Crippen molar-refractivity contribution >= 4 is 11.6 Å². The first-order valence-electron chi connectivity index (χ1n) is 11.1. The third-order valence-corrected chi connectivity index (χ3v) is 5.82. The van der Waals surface area contributed by atoms with Gasteiger partial charge in [-0.2, -0.15) is 0 Å². The van der Waals surface area contributed by atoms with Crippen LogP contribution in [-0.4, -0.2) is 54.5 Å². The van der Waals surface area contributed by atoms with Crippen LogP contribution < -0.4 is 10.1 Å². The zero-order valence-corrected chi connectivity index (χ0v) is 18.7. The summed E-state index contributed by atoms with van der Waals surface area (Å²) in [5.41, 5.74) is 3.40. The number of benzene rings is 2. The number of carbonyl (C=O) groups excluding carboxylic acids is 1. The van der Waals surface area contributed by atoms with Gasteiger partial charge in [0.15, 0.2) is 0 Å². The van der Waals surface area contributed by atoms with Crippen LogP contribution in [-0.2, 0) is 11.3 Å². The van der Waals surface area contributed by atoms with E-state index in [2.05, 4.69) is 47.2 Å². The molecule has 0 bridgehead atoms. The van der Waals surface area contributed by atoms with Gasteiger partial charge in [-0.25, -0.2) is 0 Å². The smallest absolute Gasteiger partial charge is 0.241 e. The summed E-state index contributed by atoms with van der Waals surface area (Å²) in [6.45, 7) is 13.7. The maximum absolute atomic E-state index is 12.9. The molecule has 1 N–H and O–H groups in total. The van der Waals surface area contributed by atoms with E-state index >= 15 is 0 Å². The lowest BCUT2D eigenvalue weighted by atomic mass is 10.0. The van der Waals surface area contributed by atoms with E-state index < -0.39 is 0 Å². The molecule has 1 heterocycles. The maximum atomic E-state index is 12.9. The molecule has 3 rings (SSSR count). The van der Waals surface area contributed by atoms with Gasteiger partial charge in [0.1, 0.15) is 5.75 Å². The van der Waals surface area contributed by atoms with Gasteiger partial charge in [-0.15, -0.1) is 0 Å². The van der Waals surface area contributed by atoms with E-state index in [0.29, 0.717) is 12.5 Å². The molecular formula is C25H35N3O2. The van der Waals surface area contributed by atoms with Crippen molar-refractivity contribution in [3.63, 3.8) is 0 Å². The minimum atomic E-state index is -0.141. The van der Waals surface area contributed by atoms with Crippen LogP contribution in [0.25, 0.3) is 0 Å². The largest absolute Gasteiger partial charge is 0.494 e. The van der Waals surface area contributed by atoms with Crippen molar-refractivity contribution in [1.82, 2.24) is 9.80 Å². The standard InChI is InChI=1S/C25H35N3O2/c1-5-30-22-12-10-21(11-13-22)18-27-14-16-28(17-15-27)20(4)25(29)26-24-9-7-6-8-23(24)19(2)3/h6-13,19-20H,5,14-18H2,1-4H3,(H,26,29). The van der Waals surface area contributed by atoms with Crippen LogP contribution in [0, 0.1) is 0 Å². The van der Waals surface area contributed by atoms with E-state index in [1.807, 2.05) is 44.2 Å². The quantitative estimate of drug-likeness (QED) is 0.704. The van der Waals surface area contributed by atoms with Gasteiger partial charge in [-0.05, 0) is 49.1 Å².